The molecular weight excluding hydrogens is 446 g/mol. The average molecular weight is 466 g/mol. The quantitative estimate of drug-likeness (QED) is 0.345. The van der Waals surface area contributed by atoms with E-state index in [1.54, 1.807) is 30.5 Å². The summed E-state index contributed by atoms with van der Waals surface area (Å²) in [5.74, 6) is -0.469. The summed E-state index contributed by atoms with van der Waals surface area (Å²) >= 11 is 6.01. The van der Waals surface area contributed by atoms with Gasteiger partial charge in [0, 0.05) is 27.9 Å². The zero-order chi connectivity index (χ0) is 23.5. The molecule has 3 aromatic carbocycles. The standard InChI is InChI=1S/C28H20ClN3O2/c29-22-14-12-19(13-15-22)18-32-26-21(9-6-16-30-26)17-24(28(32)34)27(33)31-25-11-5-4-10-23(25)20-7-2-1-3-8-20/h1-17H,18H2,(H,31,33). The first-order chi connectivity index (χ1) is 16.6. The van der Waals surface area contributed by atoms with Crippen molar-refractivity contribution < 1.29 is 4.79 Å². The van der Waals surface area contributed by atoms with Gasteiger partial charge in [0.05, 0.1) is 6.54 Å². The van der Waals surface area contributed by atoms with Crippen molar-refractivity contribution in [3.8, 4) is 11.1 Å². The maximum atomic E-state index is 13.5. The molecule has 0 radical (unpaired) electrons. The summed E-state index contributed by atoms with van der Waals surface area (Å²) < 4.78 is 1.52. The van der Waals surface area contributed by atoms with Gasteiger partial charge in [-0.05, 0) is 47.5 Å². The Balaban J connectivity index is 1.56. The van der Waals surface area contributed by atoms with E-state index >= 15 is 0 Å². The molecule has 166 valence electrons. The second kappa shape index (κ2) is 9.33. The van der Waals surface area contributed by atoms with Crippen molar-refractivity contribution in [2.24, 2.45) is 0 Å². The van der Waals surface area contributed by atoms with Crippen LogP contribution in [0.4, 0.5) is 5.69 Å². The van der Waals surface area contributed by atoms with Crippen molar-refractivity contribution in [2.45, 2.75) is 6.54 Å². The van der Waals surface area contributed by atoms with Gasteiger partial charge >= 0.3 is 0 Å². The first kappa shape index (κ1) is 21.6. The molecule has 5 nitrogen and oxygen atoms in total. The zero-order valence-corrected chi connectivity index (χ0v) is 18.9. The van der Waals surface area contributed by atoms with Crippen molar-refractivity contribution in [1.82, 2.24) is 9.55 Å². The molecule has 0 fully saturated rings. The largest absolute Gasteiger partial charge is 0.321 e. The van der Waals surface area contributed by atoms with Gasteiger partial charge in [0.2, 0.25) is 0 Å². The molecule has 2 heterocycles. The number of hydrogen-bond acceptors (Lipinski definition) is 3. The van der Waals surface area contributed by atoms with Crippen molar-refractivity contribution in [2.75, 3.05) is 5.32 Å². The number of halogens is 1. The number of para-hydroxylation sites is 1. The highest BCUT2D eigenvalue weighted by Crippen LogP contribution is 2.28. The van der Waals surface area contributed by atoms with Crippen LogP contribution in [0.5, 0.6) is 0 Å². The number of amides is 1. The molecule has 0 aliphatic carbocycles. The predicted molar refractivity (Wildman–Crippen MR) is 136 cm³/mol. The molecule has 0 saturated carbocycles. The molecule has 5 rings (SSSR count). The summed E-state index contributed by atoms with van der Waals surface area (Å²) in [6, 6.07) is 29.8. The number of rotatable bonds is 5. The first-order valence-corrected chi connectivity index (χ1v) is 11.2. The third-order valence-electron chi connectivity index (χ3n) is 5.61. The van der Waals surface area contributed by atoms with Gasteiger partial charge in [-0.1, -0.05) is 72.3 Å². The Hall–Kier alpha value is -4.22. The molecule has 0 bridgehead atoms. The van der Waals surface area contributed by atoms with Crippen LogP contribution < -0.4 is 10.9 Å². The summed E-state index contributed by atoms with van der Waals surface area (Å²) in [5, 5.41) is 4.26. The minimum absolute atomic E-state index is 0.0531. The Morgan fingerprint density at radius 3 is 2.41 bits per heavy atom. The van der Waals surface area contributed by atoms with E-state index in [1.807, 2.05) is 72.8 Å². The summed E-state index contributed by atoms with van der Waals surface area (Å²) in [6.07, 6.45) is 1.63. The lowest BCUT2D eigenvalue weighted by Crippen LogP contribution is -2.30. The van der Waals surface area contributed by atoms with Crippen LogP contribution in [0.15, 0.2) is 108 Å². The van der Waals surface area contributed by atoms with Gasteiger partial charge in [0.15, 0.2) is 0 Å². The van der Waals surface area contributed by atoms with Gasteiger partial charge in [-0.15, -0.1) is 0 Å². The summed E-state index contributed by atoms with van der Waals surface area (Å²) in [6.45, 7) is 0.269. The Morgan fingerprint density at radius 1 is 0.882 bits per heavy atom. The number of benzene rings is 3. The molecule has 0 unspecified atom stereocenters. The van der Waals surface area contributed by atoms with Crippen LogP contribution in [0.2, 0.25) is 5.02 Å². The van der Waals surface area contributed by atoms with E-state index in [9.17, 15) is 9.59 Å². The lowest BCUT2D eigenvalue weighted by molar-refractivity contribution is 0.102. The number of hydrogen-bond donors (Lipinski definition) is 1. The van der Waals surface area contributed by atoms with Crippen LogP contribution in [0, 0.1) is 0 Å². The van der Waals surface area contributed by atoms with E-state index in [4.69, 9.17) is 11.6 Å². The van der Waals surface area contributed by atoms with Crippen LogP contribution in [0.25, 0.3) is 22.2 Å². The number of anilines is 1. The molecule has 0 spiro atoms. The normalized spacial score (nSPS) is 10.9. The molecule has 0 aliphatic heterocycles. The summed E-state index contributed by atoms with van der Waals surface area (Å²) in [7, 11) is 0. The van der Waals surface area contributed by atoms with E-state index in [0.29, 0.717) is 21.7 Å². The number of carbonyl (C=O) groups is 1. The van der Waals surface area contributed by atoms with Crippen LogP contribution in [-0.2, 0) is 6.54 Å². The van der Waals surface area contributed by atoms with Crippen LogP contribution in [0.1, 0.15) is 15.9 Å². The number of carbonyl (C=O) groups excluding carboxylic acids is 1. The van der Waals surface area contributed by atoms with Crippen LogP contribution >= 0.6 is 11.6 Å². The summed E-state index contributed by atoms with van der Waals surface area (Å²) in [5.41, 5.74) is 3.53. The lowest BCUT2D eigenvalue weighted by atomic mass is 10.0. The first-order valence-electron chi connectivity index (χ1n) is 10.8. The molecule has 0 atom stereocenters. The average Bonchev–Trinajstić information content (AvgIpc) is 2.87. The topological polar surface area (TPSA) is 64.0 Å². The van der Waals surface area contributed by atoms with Crippen LogP contribution in [-0.4, -0.2) is 15.5 Å². The number of pyridine rings is 2. The van der Waals surface area contributed by atoms with Crippen molar-refractivity contribution >= 4 is 34.2 Å². The highest BCUT2D eigenvalue weighted by molar-refractivity contribution is 6.30. The van der Waals surface area contributed by atoms with E-state index in [0.717, 1.165) is 16.7 Å². The zero-order valence-electron chi connectivity index (χ0n) is 18.1. The van der Waals surface area contributed by atoms with Crippen molar-refractivity contribution in [3.63, 3.8) is 0 Å². The van der Waals surface area contributed by atoms with E-state index in [2.05, 4.69) is 10.3 Å². The molecule has 1 amide bonds. The molecule has 0 aliphatic rings. The second-order valence-corrected chi connectivity index (χ2v) is 8.29. The van der Waals surface area contributed by atoms with E-state index in [-0.39, 0.29) is 12.1 Å². The minimum atomic E-state index is -0.469. The minimum Gasteiger partial charge on any atom is -0.321 e. The Bertz CT molecular complexity index is 1540. The van der Waals surface area contributed by atoms with E-state index < -0.39 is 11.5 Å². The molecular formula is C28H20ClN3O2. The van der Waals surface area contributed by atoms with Gasteiger partial charge in [0.25, 0.3) is 11.5 Å². The van der Waals surface area contributed by atoms with Gasteiger partial charge in [-0.3, -0.25) is 14.2 Å². The fraction of sp³-hybridized carbons (Fsp3) is 0.0357. The Labute approximate surface area is 201 Å². The second-order valence-electron chi connectivity index (χ2n) is 7.86. The number of fused-ring (bicyclic) bond motifs is 1. The van der Waals surface area contributed by atoms with E-state index in [1.165, 1.54) is 4.57 Å². The van der Waals surface area contributed by atoms with Gasteiger partial charge < -0.3 is 5.32 Å². The fourth-order valence-electron chi connectivity index (χ4n) is 3.94. The maximum absolute atomic E-state index is 13.5. The summed E-state index contributed by atoms with van der Waals surface area (Å²) in [4.78, 5) is 31.2. The third kappa shape index (κ3) is 4.34. The van der Waals surface area contributed by atoms with Gasteiger partial charge in [0.1, 0.15) is 11.2 Å². The smallest absolute Gasteiger partial charge is 0.265 e. The molecule has 2 aromatic heterocycles. The highest BCUT2D eigenvalue weighted by Gasteiger charge is 2.18. The maximum Gasteiger partial charge on any atom is 0.265 e. The number of nitrogens with zero attached hydrogens (tertiary/aromatic N) is 2. The molecule has 6 heteroatoms. The van der Waals surface area contributed by atoms with Crippen molar-refractivity contribution in [1.29, 1.82) is 0 Å². The Kier molecular flexibility index (Phi) is 5.93. The molecule has 0 saturated heterocycles. The molecule has 34 heavy (non-hydrogen) atoms. The Morgan fingerprint density at radius 2 is 1.62 bits per heavy atom. The SMILES string of the molecule is O=C(Nc1ccccc1-c1ccccc1)c1cc2cccnc2n(Cc2ccc(Cl)cc2)c1=O. The van der Waals surface area contributed by atoms with Crippen LogP contribution in [0.3, 0.4) is 0 Å². The van der Waals surface area contributed by atoms with Gasteiger partial charge in [-0.25, -0.2) is 4.98 Å². The lowest BCUT2D eigenvalue weighted by Gasteiger charge is -2.14. The predicted octanol–water partition coefficient (Wildman–Crippen LogP) is 6.02. The number of nitrogens with one attached hydrogen (secondary N) is 1. The molecule has 5 aromatic rings. The van der Waals surface area contributed by atoms with Crippen molar-refractivity contribution in [3.05, 3.63) is 130 Å². The number of aromatic nitrogens is 2. The highest BCUT2D eigenvalue weighted by atomic mass is 35.5. The monoisotopic (exact) mass is 465 g/mol. The van der Waals surface area contributed by atoms with Gasteiger partial charge in [-0.2, -0.15) is 0 Å². The molecule has 1 N–H and O–H groups in total. The fourth-order valence-corrected chi connectivity index (χ4v) is 4.07. The third-order valence-corrected chi connectivity index (χ3v) is 5.86.